The Hall–Kier alpha value is -2.83. The molecule has 1 amide bonds. The van der Waals surface area contributed by atoms with Gasteiger partial charge in [-0.15, -0.1) is 11.3 Å². The first-order chi connectivity index (χ1) is 13.6. The molecule has 0 spiro atoms. The molecular weight excluding hydrogens is 396 g/mol. The van der Waals surface area contributed by atoms with Crippen LogP contribution in [0, 0.1) is 0 Å². The topological polar surface area (TPSA) is 71.3 Å². The van der Waals surface area contributed by atoms with Crippen molar-refractivity contribution in [1.82, 2.24) is 0 Å². The van der Waals surface area contributed by atoms with Gasteiger partial charge in [0.15, 0.2) is 5.69 Å². The van der Waals surface area contributed by atoms with E-state index in [1.165, 1.54) is 11.3 Å². The van der Waals surface area contributed by atoms with E-state index in [9.17, 15) is 9.59 Å². The summed E-state index contributed by atoms with van der Waals surface area (Å²) in [7, 11) is 0. The predicted octanol–water partition coefficient (Wildman–Crippen LogP) is 5.74. The van der Waals surface area contributed by atoms with E-state index < -0.39 is 11.5 Å². The second kappa shape index (κ2) is 7.66. The van der Waals surface area contributed by atoms with Crippen molar-refractivity contribution in [3.05, 3.63) is 68.9 Å². The Kier molecular flexibility index (Phi) is 5.07. The lowest BCUT2D eigenvalue weighted by atomic mass is 10.1. The summed E-state index contributed by atoms with van der Waals surface area (Å²) in [6, 6.07) is 14.7. The molecule has 4 rings (SSSR count). The summed E-state index contributed by atoms with van der Waals surface area (Å²) in [5, 5.41) is 7.88. The van der Waals surface area contributed by atoms with Crippen LogP contribution in [0.1, 0.15) is 23.0 Å². The monoisotopic (exact) mass is 412 g/mol. The van der Waals surface area contributed by atoms with Crippen molar-refractivity contribution in [3.63, 3.8) is 0 Å². The number of anilines is 2. The van der Waals surface area contributed by atoms with Crippen LogP contribution in [0.5, 0.6) is 0 Å². The average Bonchev–Trinajstić information content (AvgIpc) is 3.05. The Balaban J connectivity index is 1.80. The van der Waals surface area contributed by atoms with Gasteiger partial charge in [0.25, 0.3) is 5.91 Å². The number of para-hydroxylation sites is 1. The molecule has 0 bridgehead atoms. The molecule has 28 heavy (non-hydrogen) atoms. The van der Waals surface area contributed by atoms with Gasteiger partial charge >= 0.3 is 5.63 Å². The van der Waals surface area contributed by atoms with Gasteiger partial charge in [-0.05, 0) is 24.6 Å². The van der Waals surface area contributed by atoms with Crippen LogP contribution in [-0.2, 0) is 0 Å². The molecule has 142 valence electrons. The Morgan fingerprint density at radius 2 is 1.79 bits per heavy atom. The summed E-state index contributed by atoms with van der Waals surface area (Å²) < 4.78 is 6.31. The smallest absolute Gasteiger partial charge is 0.362 e. The minimum Gasteiger partial charge on any atom is -0.421 e. The van der Waals surface area contributed by atoms with Crippen molar-refractivity contribution in [1.29, 1.82) is 0 Å². The van der Waals surface area contributed by atoms with Gasteiger partial charge in [0.05, 0.1) is 10.7 Å². The van der Waals surface area contributed by atoms with Crippen LogP contribution in [0.3, 0.4) is 0 Å². The maximum atomic E-state index is 12.9. The van der Waals surface area contributed by atoms with Crippen molar-refractivity contribution in [2.24, 2.45) is 0 Å². The second-order valence-electron chi connectivity index (χ2n) is 6.26. The van der Waals surface area contributed by atoms with Gasteiger partial charge in [-0.2, -0.15) is 0 Å². The minimum absolute atomic E-state index is 0.0886. The van der Waals surface area contributed by atoms with Gasteiger partial charge in [-0.3, -0.25) is 4.79 Å². The normalized spacial score (nSPS) is 11.1. The van der Waals surface area contributed by atoms with Gasteiger partial charge in [0.2, 0.25) is 0 Å². The number of nitrogens with one attached hydrogen (secondary N) is 2. The van der Waals surface area contributed by atoms with Crippen molar-refractivity contribution < 1.29 is 9.21 Å². The third-order valence-electron chi connectivity index (χ3n) is 4.34. The molecule has 2 heterocycles. The summed E-state index contributed by atoms with van der Waals surface area (Å²) >= 11 is 7.70. The lowest BCUT2D eigenvalue weighted by molar-refractivity contribution is 0.103. The highest BCUT2D eigenvalue weighted by Gasteiger charge is 2.21. The first kappa shape index (κ1) is 18.5. The highest BCUT2D eigenvalue weighted by atomic mass is 35.5. The number of fused-ring (bicyclic) bond motifs is 2. The van der Waals surface area contributed by atoms with Crippen LogP contribution < -0.4 is 16.3 Å². The molecule has 0 aliphatic rings. The quantitative estimate of drug-likeness (QED) is 0.410. The summed E-state index contributed by atoms with van der Waals surface area (Å²) in [6.45, 7) is 2.68. The Morgan fingerprint density at radius 3 is 2.54 bits per heavy atom. The fourth-order valence-corrected chi connectivity index (χ4v) is 4.44. The number of carbonyl (C=O) groups is 1. The zero-order chi connectivity index (χ0) is 19.7. The van der Waals surface area contributed by atoms with Crippen LogP contribution in [0.25, 0.3) is 21.1 Å². The third-order valence-corrected chi connectivity index (χ3v) is 6.02. The fourth-order valence-electron chi connectivity index (χ4n) is 3.03. The van der Waals surface area contributed by atoms with Crippen molar-refractivity contribution in [3.8, 4) is 0 Å². The van der Waals surface area contributed by atoms with E-state index in [4.69, 9.17) is 16.0 Å². The van der Waals surface area contributed by atoms with E-state index in [2.05, 4.69) is 10.6 Å². The third kappa shape index (κ3) is 3.25. The van der Waals surface area contributed by atoms with E-state index in [0.717, 1.165) is 21.9 Å². The SMILES string of the molecule is CCCNc1c(NC(=O)c2sc3ccccc3c2Cl)c(=O)oc2ccccc12. The number of thiophene rings is 1. The molecule has 0 atom stereocenters. The van der Waals surface area contributed by atoms with E-state index >= 15 is 0 Å². The molecule has 0 radical (unpaired) electrons. The van der Waals surface area contributed by atoms with Crippen LogP contribution >= 0.6 is 22.9 Å². The number of benzene rings is 2. The Bertz CT molecular complexity index is 1250. The maximum absolute atomic E-state index is 12.9. The Labute approximate surface area is 169 Å². The number of carbonyl (C=O) groups excluding carboxylic acids is 1. The fraction of sp³-hybridized carbons (Fsp3) is 0.143. The number of amides is 1. The van der Waals surface area contributed by atoms with Gasteiger partial charge in [-0.1, -0.05) is 48.9 Å². The molecule has 0 unspecified atom stereocenters. The van der Waals surface area contributed by atoms with Gasteiger partial charge < -0.3 is 15.1 Å². The van der Waals surface area contributed by atoms with Gasteiger partial charge in [-0.25, -0.2) is 4.79 Å². The molecule has 0 fully saturated rings. The molecule has 2 N–H and O–H groups in total. The molecule has 5 nitrogen and oxygen atoms in total. The second-order valence-corrected chi connectivity index (χ2v) is 7.69. The molecule has 2 aromatic heterocycles. The molecule has 0 aliphatic heterocycles. The number of hydrogen-bond donors (Lipinski definition) is 2. The first-order valence-electron chi connectivity index (χ1n) is 8.88. The average molecular weight is 413 g/mol. The Morgan fingerprint density at radius 1 is 1.07 bits per heavy atom. The van der Waals surface area contributed by atoms with Crippen LogP contribution in [-0.4, -0.2) is 12.5 Å². The molecular formula is C21H17ClN2O3S. The highest BCUT2D eigenvalue weighted by molar-refractivity contribution is 7.21. The van der Waals surface area contributed by atoms with Crippen molar-refractivity contribution in [2.45, 2.75) is 13.3 Å². The van der Waals surface area contributed by atoms with E-state index in [0.29, 0.717) is 27.7 Å². The molecule has 4 aromatic rings. The first-order valence-corrected chi connectivity index (χ1v) is 10.1. The van der Waals surface area contributed by atoms with Crippen LogP contribution in [0.4, 0.5) is 11.4 Å². The van der Waals surface area contributed by atoms with Crippen LogP contribution in [0.2, 0.25) is 5.02 Å². The molecule has 0 saturated heterocycles. The summed E-state index contributed by atoms with van der Waals surface area (Å²) in [6.07, 6.45) is 0.865. The summed E-state index contributed by atoms with van der Waals surface area (Å²) in [4.78, 5) is 25.9. The van der Waals surface area contributed by atoms with E-state index in [1.54, 1.807) is 12.1 Å². The largest absolute Gasteiger partial charge is 0.421 e. The molecule has 2 aromatic carbocycles. The maximum Gasteiger partial charge on any atom is 0.362 e. The van der Waals surface area contributed by atoms with Gasteiger partial charge in [0, 0.05) is 22.0 Å². The van der Waals surface area contributed by atoms with Gasteiger partial charge in [0.1, 0.15) is 10.5 Å². The lowest BCUT2D eigenvalue weighted by Crippen LogP contribution is -2.20. The summed E-state index contributed by atoms with van der Waals surface area (Å²) in [5.74, 6) is -0.437. The summed E-state index contributed by atoms with van der Waals surface area (Å²) in [5.41, 5.74) is 0.497. The van der Waals surface area contributed by atoms with Crippen molar-refractivity contribution >= 4 is 61.3 Å². The zero-order valence-electron chi connectivity index (χ0n) is 15.0. The predicted molar refractivity (Wildman–Crippen MR) is 116 cm³/mol. The molecule has 0 aliphatic carbocycles. The van der Waals surface area contributed by atoms with Crippen LogP contribution in [0.15, 0.2) is 57.7 Å². The van der Waals surface area contributed by atoms with E-state index in [1.807, 2.05) is 43.3 Å². The number of rotatable bonds is 5. The molecule has 0 saturated carbocycles. The lowest BCUT2D eigenvalue weighted by Gasteiger charge is -2.13. The zero-order valence-corrected chi connectivity index (χ0v) is 16.6. The standard InChI is InChI=1S/C21H17ClN2O3S/c1-2-11-23-17-12-7-3-5-9-14(12)27-21(26)18(17)24-20(25)19-16(22)13-8-4-6-10-15(13)28-19/h3-10,23H,2,11H2,1H3,(H,24,25). The van der Waals surface area contributed by atoms with Crippen molar-refractivity contribution in [2.75, 3.05) is 17.2 Å². The minimum atomic E-state index is -0.608. The number of halogens is 1. The van der Waals surface area contributed by atoms with E-state index in [-0.39, 0.29) is 5.69 Å². The molecule has 7 heteroatoms. The number of hydrogen-bond acceptors (Lipinski definition) is 5. The highest BCUT2D eigenvalue weighted by Crippen LogP contribution is 2.36.